The van der Waals surface area contributed by atoms with Crippen LogP contribution in [-0.2, 0) is 10.0 Å². The summed E-state index contributed by atoms with van der Waals surface area (Å²) in [6.07, 6.45) is -0.957. The summed E-state index contributed by atoms with van der Waals surface area (Å²) in [6.45, 7) is -0.0599. The molecule has 0 radical (unpaired) electrons. The summed E-state index contributed by atoms with van der Waals surface area (Å²) < 4.78 is 33.2. The topological polar surface area (TPSA) is 105 Å². The van der Waals surface area contributed by atoms with E-state index < -0.39 is 22.0 Å². The van der Waals surface area contributed by atoms with Crippen molar-refractivity contribution >= 4 is 33.2 Å². The average molecular weight is 461 g/mol. The molecular formula is C22H21ClN2O5S. The molecule has 162 valence electrons. The fraction of sp³-hybridized carbons (Fsp3) is 0.136. The number of ether oxygens (including phenoxy) is 1. The molecule has 0 saturated heterocycles. The summed E-state index contributed by atoms with van der Waals surface area (Å²) >= 11 is 5.92. The molecule has 31 heavy (non-hydrogen) atoms. The van der Waals surface area contributed by atoms with Gasteiger partial charge in [-0.05, 0) is 48.0 Å². The maximum Gasteiger partial charge on any atom is 0.262 e. The lowest BCUT2D eigenvalue weighted by Crippen LogP contribution is -2.28. The number of rotatable bonds is 8. The number of methoxy groups -OCH3 is 1. The highest BCUT2D eigenvalue weighted by molar-refractivity contribution is 7.92. The number of hydrogen-bond acceptors (Lipinski definition) is 5. The predicted molar refractivity (Wildman–Crippen MR) is 119 cm³/mol. The third-order valence-electron chi connectivity index (χ3n) is 4.45. The van der Waals surface area contributed by atoms with Gasteiger partial charge >= 0.3 is 0 Å². The van der Waals surface area contributed by atoms with Crippen molar-refractivity contribution in [3.8, 4) is 5.75 Å². The molecular weight excluding hydrogens is 440 g/mol. The van der Waals surface area contributed by atoms with E-state index in [1.54, 1.807) is 48.5 Å². The van der Waals surface area contributed by atoms with Gasteiger partial charge in [-0.2, -0.15) is 0 Å². The van der Waals surface area contributed by atoms with Crippen LogP contribution in [0.25, 0.3) is 0 Å². The Kier molecular flexibility index (Phi) is 7.17. The summed E-state index contributed by atoms with van der Waals surface area (Å²) in [5.74, 6) is -0.148. The van der Waals surface area contributed by atoms with Crippen molar-refractivity contribution in [2.75, 3.05) is 18.4 Å². The molecule has 9 heteroatoms. The first-order valence-electron chi connectivity index (χ1n) is 9.28. The van der Waals surface area contributed by atoms with Gasteiger partial charge in [-0.25, -0.2) is 8.42 Å². The monoisotopic (exact) mass is 460 g/mol. The van der Waals surface area contributed by atoms with Gasteiger partial charge in [0.2, 0.25) is 0 Å². The molecule has 3 N–H and O–H groups in total. The molecule has 0 aliphatic rings. The van der Waals surface area contributed by atoms with Crippen LogP contribution in [0.3, 0.4) is 0 Å². The van der Waals surface area contributed by atoms with Crippen LogP contribution < -0.4 is 14.8 Å². The van der Waals surface area contributed by atoms with Crippen molar-refractivity contribution in [2.24, 2.45) is 0 Å². The smallest absolute Gasteiger partial charge is 0.262 e. The third-order valence-corrected chi connectivity index (χ3v) is 6.05. The minimum absolute atomic E-state index is 0.0599. The molecule has 0 fully saturated rings. The summed E-state index contributed by atoms with van der Waals surface area (Å²) in [7, 11) is -2.51. The minimum Gasteiger partial charge on any atom is -0.495 e. The first kappa shape index (κ1) is 22.6. The van der Waals surface area contributed by atoms with E-state index in [0.29, 0.717) is 16.3 Å². The molecule has 0 unspecified atom stereocenters. The largest absolute Gasteiger partial charge is 0.495 e. The number of amides is 1. The van der Waals surface area contributed by atoms with E-state index in [-0.39, 0.29) is 22.7 Å². The molecule has 0 aliphatic carbocycles. The van der Waals surface area contributed by atoms with Gasteiger partial charge < -0.3 is 15.2 Å². The number of sulfonamides is 1. The zero-order valence-electron chi connectivity index (χ0n) is 16.6. The van der Waals surface area contributed by atoms with Gasteiger partial charge in [0, 0.05) is 17.1 Å². The second-order valence-electron chi connectivity index (χ2n) is 6.61. The fourth-order valence-corrected chi connectivity index (χ4v) is 4.17. The predicted octanol–water partition coefficient (Wildman–Crippen LogP) is 3.61. The average Bonchev–Trinajstić information content (AvgIpc) is 2.77. The first-order chi connectivity index (χ1) is 14.8. The lowest BCUT2D eigenvalue weighted by atomic mass is 10.1. The van der Waals surface area contributed by atoms with Crippen LogP contribution in [0.1, 0.15) is 22.0 Å². The summed E-state index contributed by atoms with van der Waals surface area (Å²) in [5, 5.41) is 13.3. The van der Waals surface area contributed by atoms with Gasteiger partial charge in [0.1, 0.15) is 5.75 Å². The number of carbonyl (C=O) groups excluding carboxylic acids is 1. The van der Waals surface area contributed by atoms with E-state index in [2.05, 4.69) is 10.0 Å². The molecule has 1 amide bonds. The fourth-order valence-electron chi connectivity index (χ4n) is 2.86. The molecule has 3 rings (SSSR count). The van der Waals surface area contributed by atoms with Crippen LogP contribution in [0.2, 0.25) is 5.02 Å². The van der Waals surface area contributed by atoms with Crippen molar-refractivity contribution in [3.63, 3.8) is 0 Å². The number of aliphatic hydroxyl groups is 1. The normalized spacial score (nSPS) is 12.1. The second-order valence-corrected chi connectivity index (χ2v) is 8.73. The van der Waals surface area contributed by atoms with Gasteiger partial charge in [-0.15, -0.1) is 0 Å². The van der Waals surface area contributed by atoms with Crippen LogP contribution in [0, 0.1) is 0 Å². The van der Waals surface area contributed by atoms with Crippen LogP contribution in [0.5, 0.6) is 5.75 Å². The quantitative estimate of drug-likeness (QED) is 0.476. The number of nitrogens with one attached hydrogen (secondary N) is 2. The number of halogens is 1. The van der Waals surface area contributed by atoms with Crippen LogP contribution in [0.15, 0.2) is 77.7 Å². The number of para-hydroxylation sites is 2. The van der Waals surface area contributed by atoms with Gasteiger partial charge in [-0.3, -0.25) is 9.52 Å². The van der Waals surface area contributed by atoms with Gasteiger partial charge in [0.15, 0.2) is 0 Å². The minimum atomic E-state index is -3.96. The number of aliphatic hydroxyl groups excluding tert-OH is 1. The Morgan fingerprint density at radius 2 is 1.81 bits per heavy atom. The molecule has 0 heterocycles. The Morgan fingerprint density at radius 1 is 1.06 bits per heavy atom. The molecule has 1 atom stereocenters. The second kappa shape index (κ2) is 9.82. The molecule has 0 spiro atoms. The van der Waals surface area contributed by atoms with E-state index in [1.165, 1.54) is 31.4 Å². The number of anilines is 1. The van der Waals surface area contributed by atoms with Crippen molar-refractivity contribution in [2.45, 2.75) is 11.0 Å². The van der Waals surface area contributed by atoms with E-state index >= 15 is 0 Å². The Morgan fingerprint density at radius 3 is 2.55 bits per heavy atom. The Bertz CT molecular complexity index is 1180. The zero-order valence-corrected chi connectivity index (χ0v) is 18.2. The van der Waals surface area contributed by atoms with Gasteiger partial charge in [0.05, 0.1) is 23.8 Å². The van der Waals surface area contributed by atoms with Crippen LogP contribution in [-0.4, -0.2) is 33.1 Å². The van der Waals surface area contributed by atoms with Crippen molar-refractivity contribution in [3.05, 3.63) is 88.9 Å². The van der Waals surface area contributed by atoms with Crippen molar-refractivity contribution < 1.29 is 23.1 Å². The van der Waals surface area contributed by atoms with Crippen molar-refractivity contribution in [1.82, 2.24) is 5.32 Å². The molecule has 0 aromatic heterocycles. The highest BCUT2D eigenvalue weighted by atomic mass is 35.5. The highest BCUT2D eigenvalue weighted by Crippen LogP contribution is 2.26. The Hall–Kier alpha value is -3.07. The van der Waals surface area contributed by atoms with E-state index in [1.807, 2.05) is 0 Å². The van der Waals surface area contributed by atoms with E-state index in [4.69, 9.17) is 16.3 Å². The third kappa shape index (κ3) is 5.75. The SMILES string of the molecule is COc1ccccc1NS(=O)(=O)c1cccc(C(=O)NC[C@@H](O)c2cccc(Cl)c2)c1. The standard InChI is InChI=1S/C22H21ClN2O5S/c1-30-21-11-3-2-10-19(21)25-31(28,29)18-9-5-7-16(13-18)22(27)24-14-20(26)15-6-4-8-17(23)12-15/h2-13,20,25-26H,14H2,1H3,(H,24,27)/t20-/m1/s1. The number of hydrogen-bond donors (Lipinski definition) is 3. The molecule has 7 nitrogen and oxygen atoms in total. The summed E-state index contributed by atoms with van der Waals surface area (Å²) in [6, 6.07) is 18.9. The number of benzene rings is 3. The van der Waals surface area contributed by atoms with Crippen molar-refractivity contribution in [1.29, 1.82) is 0 Å². The van der Waals surface area contributed by atoms with Gasteiger partial charge in [0.25, 0.3) is 15.9 Å². The lowest BCUT2D eigenvalue weighted by molar-refractivity contribution is 0.0916. The maximum absolute atomic E-state index is 12.8. The lowest BCUT2D eigenvalue weighted by Gasteiger charge is -2.14. The molecule has 0 aliphatic heterocycles. The Labute approximate surface area is 185 Å². The van der Waals surface area contributed by atoms with Crippen LogP contribution in [0.4, 0.5) is 5.69 Å². The summed E-state index contributed by atoms with van der Waals surface area (Å²) in [4.78, 5) is 12.4. The number of carbonyl (C=O) groups is 1. The van der Waals surface area contributed by atoms with E-state index in [0.717, 1.165) is 0 Å². The Balaban J connectivity index is 1.72. The molecule has 0 bridgehead atoms. The highest BCUT2D eigenvalue weighted by Gasteiger charge is 2.19. The molecule has 3 aromatic rings. The van der Waals surface area contributed by atoms with Crippen LogP contribution >= 0.6 is 11.6 Å². The molecule has 3 aromatic carbocycles. The van der Waals surface area contributed by atoms with E-state index in [9.17, 15) is 18.3 Å². The zero-order chi connectivity index (χ0) is 22.4. The van der Waals surface area contributed by atoms with Gasteiger partial charge in [-0.1, -0.05) is 41.9 Å². The first-order valence-corrected chi connectivity index (χ1v) is 11.1. The summed E-state index contributed by atoms with van der Waals surface area (Å²) in [5.41, 5.74) is 0.982. The molecule has 0 saturated carbocycles. The maximum atomic E-state index is 12.8.